The molecule has 1 atom stereocenters. The van der Waals surface area contributed by atoms with Gasteiger partial charge in [0.2, 0.25) is 5.91 Å². The van der Waals surface area contributed by atoms with Crippen LogP contribution in [0, 0.1) is 12.8 Å². The highest BCUT2D eigenvalue weighted by Crippen LogP contribution is 2.28. The number of carbonyl (C=O) groups is 1. The van der Waals surface area contributed by atoms with Crippen LogP contribution in [0.15, 0.2) is 42.5 Å². The van der Waals surface area contributed by atoms with Crippen LogP contribution in [-0.4, -0.2) is 36.2 Å². The summed E-state index contributed by atoms with van der Waals surface area (Å²) in [6, 6.07) is 14.1. The minimum atomic E-state index is 0.0794. The molecule has 1 amide bonds. The van der Waals surface area contributed by atoms with Crippen molar-refractivity contribution in [3.8, 4) is 0 Å². The third-order valence-corrected chi connectivity index (χ3v) is 7.08. The van der Waals surface area contributed by atoms with Gasteiger partial charge in [-0.3, -0.25) is 9.69 Å². The molecule has 1 fully saturated rings. The number of rotatable bonds is 8. The Labute approximate surface area is 188 Å². The van der Waals surface area contributed by atoms with Gasteiger partial charge in [0.15, 0.2) is 0 Å². The first-order chi connectivity index (χ1) is 14.0. The highest BCUT2D eigenvalue weighted by atomic mass is 35.5. The summed E-state index contributed by atoms with van der Waals surface area (Å²) in [6.45, 7) is 5.64. The Bertz CT molecular complexity index is 810. The van der Waals surface area contributed by atoms with E-state index in [0.717, 1.165) is 49.5 Å². The maximum atomic E-state index is 12.6. The van der Waals surface area contributed by atoms with Crippen LogP contribution in [0.3, 0.4) is 0 Å². The van der Waals surface area contributed by atoms with Gasteiger partial charge in [0, 0.05) is 41.2 Å². The first kappa shape index (κ1) is 22.5. The zero-order chi connectivity index (χ0) is 20.6. The molecule has 2 aromatic carbocycles. The predicted molar refractivity (Wildman–Crippen MR) is 125 cm³/mol. The summed E-state index contributed by atoms with van der Waals surface area (Å²) >= 11 is 14.1. The fourth-order valence-electron chi connectivity index (χ4n) is 3.68. The summed E-state index contributed by atoms with van der Waals surface area (Å²) in [7, 11) is 0. The number of piperidine rings is 1. The molecule has 0 aromatic heterocycles. The first-order valence-corrected chi connectivity index (χ1v) is 12.0. The molecule has 3 rings (SSSR count). The summed E-state index contributed by atoms with van der Waals surface area (Å²) in [4.78, 5) is 15.0. The molecule has 0 spiro atoms. The van der Waals surface area contributed by atoms with Crippen LogP contribution in [0.25, 0.3) is 0 Å². The average Bonchev–Trinajstić information content (AvgIpc) is 2.71. The van der Waals surface area contributed by atoms with E-state index in [9.17, 15) is 4.79 Å². The number of halogens is 2. The number of nitrogens with one attached hydrogen (secondary N) is 1. The van der Waals surface area contributed by atoms with Crippen LogP contribution in [-0.2, 0) is 17.1 Å². The molecule has 1 heterocycles. The second-order valence-corrected chi connectivity index (χ2v) is 9.46. The number of benzene rings is 2. The SMILES string of the molecule is Cc1ccccc1CN1CCCC(C(=O)NCCSCc2c(Cl)cccc2Cl)C1. The molecule has 0 aliphatic carbocycles. The van der Waals surface area contributed by atoms with Crippen LogP contribution < -0.4 is 5.32 Å². The van der Waals surface area contributed by atoms with E-state index in [1.54, 1.807) is 11.8 Å². The molecule has 2 aromatic rings. The summed E-state index contributed by atoms with van der Waals surface area (Å²) < 4.78 is 0. The molecular weight excluding hydrogens is 423 g/mol. The van der Waals surface area contributed by atoms with Gasteiger partial charge >= 0.3 is 0 Å². The summed E-state index contributed by atoms with van der Waals surface area (Å²) in [5.74, 6) is 1.85. The maximum Gasteiger partial charge on any atom is 0.224 e. The van der Waals surface area contributed by atoms with Gasteiger partial charge in [-0.05, 0) is 55.1 Å². The van der Waals surface area contributed by atoms with Crippen LogP contribution >= 0.6 is 35.0 Å². The Morgan fingerprint density at radius 1 is 1.17 bits per heavy atom. The third kappa shape index (κ3) is 6.65. The lowest BCUT2D eigenvalue weighted by Crippen LogP contribution is -2.43. The van der Waals surface area contributed by atoms with E-state index in [2.05, 4.69) is 41.4 Å². The van der Waals surface area contributed by atoms with Crippen LogP contribution in [0.2, 0.25) is 10.0 Å². The van der Waals surface area contributed by atoms with Crippen molar-refractivity contribution in [2.45, 2.75) is 32.1 Å². The largest absolute Gasteiger partial charge is 0.355 e. The number of nitrogens with zero attached hydrogens (tertiary/aromatic N) is 1. The Kier molecular flexibility index (Phi) is 8.73. The molecule has 156 valence electrons. The number of thioether (sulfide) groups is 1. The van der Waals surface area contributed by atoms with Gasteiger partial charge in [-0.2, -0.15) is 11.8 Å². The van der Waals surface area contributed by atoms with E-state index in [4.69, 9.17) is 23.2 Å². The van der Waals surface area contributed by atoms with E-state index >= 15 is 0 Å². The Hall–Kier alpha value is -1.20. The normalized spacial score (nSPS) is 17.3. The maximum absolute atomic E-state index is 12.6. The number of amides is 1. The molecule has 1 aliphatic rings. The zero-order valence-electron chi connectivity index (χ0n) is 16.8. The molecular formula is C23H28Cl2N2OS. The molecule has 0 radical (unpaired) electrons. The average molecular weight is 451 g/mol. The molecule has 0 bridgehead atoms. The lowest BCUT2D eigenvalue weighted by Gasteiger charge is -2.32. The summed E-state index contributed by atoms with van der Waals surface area (Å²) in [5, 5.41) is 4.51. The number of likely N-dealkylation sites (tertiary alicyclic amines) is 1. The van der Waals surface area contributed by atoms with Gasteiger partial charge < -0.3 is 5.32 Å². The smallest absolute Gasteiger partial charge is 0.224 e. The van der Waals surface area contributed by atoms with Crippen LogP contribution in [0.5, 0.6) is 0 Å². The van der Waals surface area contributed by atoms with Gasteiger partial charge in [0.1, 0.15) is 0 Å². The van der Waals surface area contributed by atoms with Crippen molar-refractivity contribution >= 4 is 40.9 Å². The van der Waals surface area contributed by atoms with Crippen LogP contribution in [0.1, 0.15) is 29.5 Å². The minimum absolute atomic E-state index is 0.0794. The van der Waals surface area contributed by atoms with Crippen molar-refractivity contribution in [3.63, 3.8) is 0 Å². The highest BCUT2D eigenvalue weighted by molar-refractivity contribution is 7.98. The standard InChI is InChI=1S/C23H28Cl2N2OS/c1-17-6-2-3-7-18(17)14-27-12-5-8-19(15-27)23(28)26-11-13-29-16-20-21(24)9-4-10-22(20)25/h2-4,6-7,9-10,19H,5,8,11-16H2,1H3,(H,26,28). The Balaban J connectivity index is 1.39. The predicted octanol–water partition coefficient (Wildman–Crippen LogP) is 5.56. The van der Waals surface area contributed by atoms with Crippen LogP contribution in [0.4, 0.5) is 0 Å². The van der Waals surface area contributed by atoms with Crippen molar-refractivity contribution in [2.24, 2.45) is 5.92 Å². The molecule has 0 saturated carbocycles. The summed E-state index contributed by atoms with van der Waals surface area (Å²) in [5.41, 5.74) is 3.63. The van der Waals surface area contributed by atoms with Gasteiger partial charge in [-0.1, -0.05) is 53.5 Å². The highest BCUT2D eigenvalue weighted by Gasteiger charge is 2.25. The topological polar surface area (TPSA) is 32.3 Å². The van der Waals surface area contributed by atoms with Gasteiger partial charge in [-0.15, -0.1) is 0 Å². The van der Waals surface area contributed by atoms with Crippen molar-refractivity contribution in [1.82, 2.24) is 10.2 Å². The van der Waals surface area contributed by atoms with Gasteiger partial charge in [0.05, 0.1) is 5.92 Å². The third-order valence-electron chi connectivity index (χ3n) is 5.39. The van der Waals surface area contributed by atoms with Gasteiger partial charge in [-0.25, -0.2) is 0 Å². The fraction of sp³-hybridized carbons (Fsp3) is 0.435. The second-order valence-electron chi connectivity index (χ2n) is 7.54. The lowest BCUT2D eigenvalue weighted by molar-refractivity contribution is -0.126. The quantitative estimate of drug-likeness (QED) is 0.533. The number of carbonyl (C=O) groups excluding carboxylic acids is 1. The lowest BCUT2D eigenvalue weighted by atomic mass is 9.96. The van der Waals surface area contributed by atoms with E-state index in [1.807, 2.05) is 18.2 Å². The van der Waals surface area contributed by atoms with Crippen molar-refractivity contribution in [1.29, 1.82) is 0 Å². The molecule has 3 nitrogen and oxygen atoms in total. The molecule has 1 N–H and O–H groups in total. The summed E-state index contributed by atoms with van der Waals surface area (Å²) in [6.07, 6.45) is 2.04. The van der Waals surface area contributed by atoms with E-state index in [0.29, 0.717) is 16.6 Å². The molecule has 1 unspecified atom stereocenters. The monoisotopic (exact) mass is 450 g/mol. The Morgan fingerprint density at radius 2 is 1.93 bits per heavy atom. The van der Waals surface area contributed by atoms with Crippen molar-refractivity contribution < 1.29 is 4.79 Å². The van der Waals surface area contributed by atoms with Gasteiger partial charge in [0.25, 0.3) is 0 Å². The molecule has 6 heteroatoms. The molecule has 1 saturated heterocycles. The molecule has 1 aliphatic heterocycles. The van der Waals surface area contributed by atoms with Crippen molar-refractivity contribution in [2.75, 3.05) is 25.4 Å². The van der Waals surface area contributed by atoms with E-state index < -0.39 is 0 Å². The minimum Gasteiger partial charge on any atom is -0.355 e. The molecule has 29 heavy (non-hydrogen) atoms. The zero-order valence-corrected chi connectivity index (χ0v) is 19.1. The number of hydrogen-bond acceptors (Lipinski definition) is 3. The Morgan fingerprint density at radius 3 is 2.69 bits per heavy atom. The first-order valence-electron chi connectivity index (χ1n) is 10.1. The fourth-order valence-corrected chi connectivity index (χ4v) is 5.27. The van der Waals surface area contributed by atoms with E-state index in [1.165, 1.54) is 11.1 Å². The van der Waals surface area contributed by atoms with Crippen molar-refractivity contribution in [3.05, 3.63) is 69.2 Å². The number of aryl methyl sites for hydroxylation is 1. The second kappa shape index (κ2) is 11.3. The number of hydrogen-bond donors (Lipinski definition) is 1. The van der Waals surface area contributed by atoms with E-state index in [-0.39, 0.29) is 11.8 Å².